The second-order valence-electron chi connectivity index (χ2n) is 4.80. The average molecular weight is 304 g/mol. The van der Waals surface area contributed by atoms with E-state index in [1.807, 2.05) is 13.0 Å². The Hall–Kier alpha value is -0.420. The minimum absolute atomic E-state index is 0.185. The first-order valence-electron chi connectivity index (χ1n) is 6.55. The molecule has 108 valence electrons. The van der Waals surface area contributed by atoms with Crippen LogP contribution in [0.4, 0.5) is 0 Å². The molecule has 0 aliphatic carbocycles. The lowest BCUT2D eigenvalue weighted by Crippen LogP contribution is -2.33. The lowest BCUT2D eigenvalue weighted by Gasteiger charge is -2.25. The van der Waals surface area contributed by atoms with Gasteiger partial charge in [-0.2, -0.15) is 0 Å². The van der Waals surface area contributed by atoms with Crippen molar-refractivity contribution in [2.45, 2.75) is 33.1 Å². The molecule has 3 nitrogen and oxygen atoms in total. The number of rotatable bonds is 4. The van der Waals surface area contributed by atoms with Crippen molar-refractivity contribution in [3.05, 3.63) is 20.8 Å². The summed E-state index contributed by atoms with van der Waals surface area (Å²) in [6, 6.07) is 1.83. The number of hydrogen-bond donors (Lipinski definition) is 2. The molecule has 0 aromatic carbocycles. The largest absolute Gasteiger partial charge is 0.400 e. The normalized spacial score (nSPS) is 21.9. The summed E-state index contributed by atoms with van der Waals surface area (Å²) >= 11 is 7.57. The molecule has 5 heteroatoms. The van der Waals surface area contributed by atoms with Crippen molar-refractivity contribution in [1.82, 2.24) is 5.32 Å². The van der Waals surface area contributed by atoms with E-state index < -0.39 is 0 Å². The summed E-state index contributed by atoms with van der Waals surface area (Å²) in [6.07, 6.45) is 2.97. The maximum Gasteiger partial charge on any atom is 0.180 e. The number of halogens is 1. The highest BCUT2D eigenvalue weighted by Gasteiger charge is 2.41. The Morgan fingerprint density at radius 2 is 2.26 bits per heavy atom. The van der Waals surface area contributed by atoms with Crippen LogP contribution < -0.4 is 5.32 Å². The van der Waals surface area contributed by atoms with Gasteiger partial charge in [0.25, 0.3) is 0 Å². The smallest absolute Gasteiger partial charge is 0.180 e. The molecule has 1 unspecified atom stereocenters. The van der Waals surface area contributed by atoms with Gasteiger partial charge in [0.15, 0.2) is 5.78 Å². The summed E-state index contributed by atoms with van der Waals surface area (Å²) in [6.45, 7) is 5.86. The molecule has 1 aromatic rings. The fourth-order valence-electron chi connectivity index (χ4n) is 2.58. The molecule has 2 heterocycles. The monoisotopic (exact) mass is 303 g/mol. The molecular weight excluding hydrogens is 282 g/mol. The van der Waals surface area contributed by atoms with Gasteiger partial charge in [-0.25, -0.2) is 0 Å². The van der Waals surface area contributed by atoms with Crippen LogP contribution in [0, 0.1) is 12.3 Å². The molecule has 19 heavy (non-hydrogen) atoms. The third-order valence-electron chi connectivity index (χ3n) is 3.53. The zero-order valence-electron chi connectivity index (χ0n) is 11.8. The number of ketones is 1. The summed E-state index contributed by atoms with van der Waals surface area (Å²) in [5.74, 6) is 0.282. The van der Waals surface area contributed by atoms with E-state index in [0.29, 0.717) is 0 Å². The quantitative estimate of drug-likeness (QED) is 0.839. The summed E-state index contributed by atoms with van der Waals surface area (Å²) < 4.78 is 0. The van der Waals surface area contributed by atoms with Crippen molar-refractivity contribution in [3.8, 4) is 0 Å². The predicted octanol–water partition coefficient (Wildman–Crippen LogP) is 3.28. The summed E-state index contributed by atoms with van der Waals surface area (Å²) in [5, 5.41) is 11.0. The number of aliphatic hydroxyl groups excluding tert-OH is 1. The molecule has 2 N–H and O–H groups in total. The van der Waals surface area contributed by atoms with Crippen LogP contribution in [0.1, 0.15) is 40.7 Å². The van der Waals surface area contributed by atoms with Crippen LogP contribution in [-0.2, 0) is 0 Å². The van der Waals surface area contributed by atoms with Crippen molar-refractivity contribution < 1.29 is 9.90 Å². The van der Waals surface area contributed by atoms with Crippen molar-refractivity contribution >= 4 is 28.7 Å². The van der Waals surface area contributed by atoms with Crippen molar-refractivity contribution in [1.29, 1.82) is 0 Å². The minimum atomic E-state index is -0.185. The van der Waals surface area contributed by atoms with Crippen LogP contribution in [0.15, 0.2) is 6.07 Å². The van der Waals surface area contributed by atoms with Crippen LogP contribution >= 0.6 is 22.9 Å². The number of carbonyl (C=O) groups is 1. The molecule has 1 atom stereocenters. The summed E-state index contributed by atoms with van der Waals surface area (Å²) in [4.78, 5) is 14.5. The highest BCUT2D eigenvalue weighted by molar-refractivity contribution is 7.14. The number of carbonyl (C=O) groups excluding carboxylic acids is 1. The van der Waals surface area contributed by atoms with Crippen LogP contribution in [0.25, 0.3) is 0 Å². The van der Waals surface area contributed by atoms with Crippen LogP contribution in [0.2, 0.25) is 5.02 Å². The van der Waals surface area contributed by atoms with E-state index in [1.165, 1.54) is 11.3 Å². The van der Waals surface area contributed by atoms with Crippen molar-refractivity contribution in [2.75, 3.05) is 20.2 Å². The first-order valence-corrected chi connectivity index (χ1v) is 7.75. The molecule has 1 aliphatic rings. The zero-order chi connectivity index (χ0) is 14.5. The molecule has 1 fully saturated rings. The maximum absolute atomic E-state index is 12.6. The number of nitrogens with one attached hydrogen (secondary N) is 1. The second kappa shape index (κ2) is 7.39. The molecule has 1 aliphatic heterocycles. The van der Waals surface area contributed by atoms with Gasteiger partial charge < -0.3 is 10.4 Å². The number of aliphatic hydroxyl groups is 1. The Morgan fingerprint density at radius 3 is 2.68 bits per heavy atom. The Labute approximate surface area is 124 Å². The van der Waals surface area contributed by atoms with Gasteiger partial charge in [-0.1, -0.05) is 24.9 Å². The Bertz CT molecular complexity index is 406. The Morgan fingerprint density at radius 1 is 1.58 bits per heavy atom. The first-order chi connectivity index (χ1) is 9.09. The van der Waals surface area contributed by atoms with E-state index in [1.54, 1.807) is 0 Å². The van der Waals surface area contributed by atoms with E-state index in [-0.39, 0.29) is 11.2 Å². The van der Waals surface area contributed by atoms with Gasteiger partial charge in [0.05, 0.1) is 9.90 Å². The van der Waals surface area contributed by atoms with E-state index in [4.69, 9.17) is 16.7 Å². The molecule has 1 aromatic heterocycles. The molecule has 0 saturated carbocycles. The standard InChI is InChI=1S/C13H18ClNOS.CH4O/c1-3-4-13(5-6-15-8-13)12(16)11-7-10(14)9(2)17-11;1-2/h7,15H,3-6,8H2,1-2H3;2H,1H3. The lowest BCUT2D eigenvalue weighted by molar-refractivity contribution is 0.0806. The molecule has 0 radical (unpaired) electrons. The SMILES string of the molecule is CCCC1(C(=O)c2cc(Cl)c(C)s2)CCNC1.CO. The minimum Gasteiger partial charge on any atom is -0.400 e. The summed E-state index contributed by atoms with van der Waals surface area (Å²) in [5.41, 5.74) is -0.185. The van der Waals surface area contributed by atoms with E-state index in [0.717, 1.165) is 54.2 Å². The number of aryl methyl sites for hydroxylation is 1. The topological polar surface area (TPSA) is 49.3 Å². The van der Waals surface area contributed by atoms with Gasteiger partial charge >= 0.3 is 0 Å². The van der Waals surface area contributed by atoms with Gasteiger partial charge in [0.2, 0.25) is 0 Å². The lowest BCUT2D eigenvalue weighted by atomic mass is 9.78. The van der Waals surface area contributed by atoms with Crippen LogP contribution in [0.5, 0.6) is 0 Å². The highest BCUT2D eigenvalue weighted by Crippen LogP contribution is 2.38. The van der Waals surface area contributed by atoms with Gasteiger partial charge in [0.1, 0.15) is 0 Å². The third-order valence-corrected chi connectivity index (χ3v) is 5.09. The second-order valence-corrected chi connectivity index (χ2v) is 6.46. The van der Waals surface area contributed by atoms with Crippen LogP contribution in [-0.4, -0.2) is 31.1 Å². The first kappa shape index (κ1) is 16.6. The van der Waals surface area contributed by atoms with Gasteiger partial charge in [0, 0.05) is 23.9 Å². The van der Waals surface area contributed by atoms with Gasteiger partial charge in [-0.15, -0.1) is 11.3 Å². The Kier molecular flexibility index (Phi) is 6.47. The van der Waals surface area contributed by atoms with Crippen molar-refractivity contribution in [3.63, 3.8) is 0 Å². The fraction of sp³-hybridized carbons (Fsp3) is 0.643. The molecular formula is C14H22ClNO2S. The van der Waals surface area contributed by atoms with Crippen LogP contribution in [0.3, 0.4) is 0 Å². The fourth-order valence-corrected chi connectivity index (χ4v) is 3.84. The highest BCUT2D eigenvalue weighted by atomic mass is 35.5. The average Bonchev–Trinajstić information content (AvgIpc) is 3.01. The predicted molar refractivity (Wildman–Crippen MR) is 81.4 cm³/mol. The van der Waals surface area contributed by atoms with Crippen molar-refractivity contribution in [2.24, 2.45) is 5.41 Å². The number of thiophene rings is 1. The molecule has 0 amide bonds. The molecule has 1 saturated heterocycles. The summed E-state index contributed by atoms with van der Waals surface area (Å²) in [7, 11) is 1.00. The maximum atomic E-state index is 12.6. The number of Topliss-reactive ketones (excluding diaryl/α,β-unsaturated/α-hetero) is 1. The van der Waals surface area contributed by atoms with Gasteiger partial charge in [-0.05, 0) is 32.4 Å². The number of hydrogen-bond acceptors (Lipinski definition) is 4. The van der Waals surface area contributed by atoms with Gasteiger partial charge in [-0.3, -0.25) is 4.79 Å². The molecule has 0 spiro atoms. The van der Waals surface area contributed by atoms with E-state index >= 15 is 0 Å². The zero-order valence-corrected chi connectivity index (χ0v) is 13.3. The molecule has 2 rings (SSSR count). The van der Waals surface area contributed by atoms with E-state index in [9.17, 15) is 4.79 Å². The van der Waals surface area contributed by atoms with E-state index in [2.05, 4.69) is 12.2 Å². The Balaban J connectivity index is 0.000000861. The third kappa shape index (κ3) is 3.57. The molecule has 0 bridgehead atoms.